The minimum atomic E-state index is -4.27. The topological polar surface area (TPSA) is 51.5 Å². The van der Waals surface area contributed by atoms with Crippen LogP contribution in [0.4, 0.5) is 13.2 Å². The summed E-state index contributed by atoms with van der Waals surface area (Å²) in [6.45, 7) is 2.03. The summed E-state index contributed by atoms with van der Waals surface area (Å²) in [4.78, 5) is 11.7. The van der Waals surface area contributed by atoms with Crippen LogP contribution in [0.5, 0.6) is 5.75 Å². The molecule has 26 heavy (non-hydrogen) atoms. The third kappa shape index (κ3) is 3.21. The number of carbonyl (C=O) groups is 1. The Bertz CT molecular complexity index is 922. The van der Waals surface area contributed by atoms with E-state index in [-0.39, 0.29) is 18.7 Å². The molecule has 0 saturated heterocycles. The van der Waals surface area contributed by atoms with Gasteiger partial charge in [0, 0.05) is 11.9 Å². The zero-order valence-corrected chi connectivity index (χ0v) is 14.3. The van der Waals surface area contributed by atoms with Crippen molar-refractivity contribution in [3.8, 4) is 5.75 Å². The van der Waals surface area contributed by atoms with Gasteiger partial charge in [-0.1, -0.05) is 24.3 Å². The monoisotopic (exact) mass is 365 g/mol. The van der Waals surface area contributed by atoms with E-state index in [1.54, 1.807) is 16.7 Å². The second kappa shape index (κ2) is 6.55. The first kappa shape index (κ1) is 18.1. The van der Waals surface area contributed by atoms with Gasteiger partial charge >= 0.3 is 12.1 Å². The van der Waals surface area contributed by atoms with Crippen LogP contribution >= 0.6 is 0 Å². The number of methoxy groups -OCH3 is 1. The summed E-state index contributed by atoms with van der Waals surface area (Å²) in [6, 6.07) is 5.16. The van der Waals surface area contributed by atoms with Gasteiger partial charge in [-0.15, -0.1) is 0 Å². The molecule has 1 aliphatic carbocycles. The first-order chi connectivity index (χ1) is 12.2. The molecule has 1 aliphatic rings. The summed E-state index contributed by atoms with van der Waals surface area (Å²) in [6.07, 6.45) is -0.360. The molecule has 4 nitrogen and oxygen atoms in total. The second-order valence-electron chi connectivity index (χ2n) is 6.29. The number of halogens is 3. The van der Waals surface area contributed by atoms with Crippen molar-refractivity contribution in [2.24, 2.45) is 5.92 Å². The molecule has 0 saturated carbocycles. The number of hydrogen-bond acceptors (Lipinski definition) is 2. The lowest BCUT2D eigenvalue weighted by atomic mass is 9.96. The molecule has 3 rings (SSSR count). The van der Waals surface area contributed by atoms with Crippen LogP contribution in [-0.4, -0.2) is 28.9 Å². The smallest absolute Gasteiger partial charge is 0.395 e. The van der Waals surface area contributed by atoms with Crippen molar-refractivity contribution in [1.29, 1.82) is 0 Å². The summed E-state index contributed by atoms with van der Waals surface area (Å²) >= 11 is 0. The highest BCUT2D eigenvalue weighted by atomic mass is 19.4. The van der Waals surface area contributed by atoms with Gasteiger partial charge in [-0.3, -0.25) is 0 Å². The molecule has 138 valence electrons. The Labute approximate surface area is 148 Å². The van der Waals surface area contributed by atoms with Crippen molar-refractivity contribution in [3.63, 3.8) is 0 Å². The summed E-state index contributed by atoms with van der Waals surface area (Å²) in [5, 5.41) is 10.3. The number of nitrogens with zero attached hydrogens (tertiary/aromatic N) is 1. The van der Waals surface area contributed by atoms with Gasteiger partial charge in [-0.05, 0) is 36.6 Å². The van der Waals surface area contributed by atoms with Crippen LogP contribution in [0.25, 0.3) is 10.9 Å². The van der Waals surface area contributed by atoms with Crippen molar-refractivity contribution in [2.75, 3.05) is 7.11 Å². The Kier molecular flexibility index (Phi) is 4.56. The number of aromatic carboxylic acids is 1. The SMILES string of the molecule is COc1ccc(C)c2cc(C(=O)O)n(CC3=CCC(C(F)(F)F)C=C3)c12. The Hall–Kier alpha value is -2.70. The van der Waals surface area contributed by atoms with Gasteiger partial charge in [0.2, 0.25) is 0 Å². The van der Waals surface area contributed by atoms with Crippen molar-refractivity contribution in [1.82, 2.24) is 4.57 Å². The van der Waals surface area contributed by atoms with E-state index >= 15 is 0 Å². The van der Waals surface area contributed by atoms with Crippen LogP contribution < -0.4 is 4.74 Å². The van der Waals surface area contributed by atoms with E-state index in [0.717, 1.165) is 17.0 Å². The highest BCUT2D eigenvalue weighted by Crippen LogP contribution is 2.35. The molecule has 2 aromatic rings. The highest BCUT2D eigenvalue weighted by Gasteiger charge is 2.37. The molecule has 1 unspecified atom stereocenters. The van der Waals surface area contributed by atoms with Crippen LogP contribution in [0.2, 0.25) is 0 Å². The van der Waals surface area contributed by atoms with Gasteiger partial charge in [-0.25, -0.2) is 4.79 Å². The Morgan fingerprint density at radius 1 is 1.38 bits per heavy atom. The highest BCUT2D eigenvalue weighted by molar-refractivity contribution is 5.98. The number of ether oxygens (including phenoxy) is 1. The van der Waals surface area contributed by atoms with Gasteiger partial charge in [0.25, 0.3) is 0 Å². The molecule has 0 spiro atoms. The predicted molar refractivity (Wildman–Crippen MR) is 91.6 cm³/mol. The first-order valence-corrected chi connectivity index (χ1v) is 8.06. The molecule has 0 fully saturated rings. The molecule has 1 aromatic carbocycles. The van der Waals surface area contributed by atoms with E-state index in [1.165, 1.54) is 19.3 Å². The Morgan fingerprint density at radius 3 is 2.65 bits per heavy atom. The van der Waals surface area contributed by atoms with Crippen molar-refractivity contribution in [2.45, 2.75) is 26.1 Å². The van der Waals surface area contributed by atoms with Crippen molar-refractivity contribution < 1.29 is 27.8 Å². The van der Waals surface area contributed by atoms with E-state index < -0.39 is 18.1 Å². The van der Waals surface area contributed by atoms with Crippen LogP contribution in [0.1, 0.15) is 22.5 Å². The third-order valence-electron chi connectivity index (χ3n) is 4.62. The van der Waals surface area contributed by atoms with Crippen LogP contribution in [0, 0.1) is 12.8 Å². The lowest BCUT2D eigenvalue weighted by Crippen LogP contribution is -2.22. The number of carboxylic acids is 1. The van der Waals surface area contributed by atoms with Gasteiger partial charge in [-0.2, -0.15) is 13.2 Å². The first-order valence-electron chi connectivity index (χ1n) is 8.06. The molecular formula is C19H18F3NO3. The fourth-order valence-electron chi connectivity index (χ4n) is 3.20. The van der Waals surface area contributed by atoms with Crippen LogP contribution in [0.3, 0.4) is 0 Å². The number of hydrogen-bond donors (Lipinski definition) is 1. The minimum absolute atomic E-state index is 0.0693. The molecule has 1 aromatic heterocycles. The maximum absolute atomic E-state index is 12.8. The van der Waals surface area contributed by atoms with Crippen molar-refractivity contribution >= 4 is 16.9 Å². The molecule has 0 bridgehead atoms. The number of allylic oxidation sites excluding steroid dienone is 4. The van der Waals surface area contributed by atoms with Crippen molar-refractivity contribution in [3.05, 3.63) is 53.3 Å². The van der Waals surface area contributed by atoms with E-state index in [1.807, 2.05) is 13.0 Å². The maximum Gasteiger partial charge on any atom is 0.395 e. The third-order valence-corrected chi connectivity index (χ3v) is 4.62. The van der Waals surface area contributed by atoms with Crippen LogP contribution in [-0.2, 0) is 6.54 Å². The van der Waals surface area contributed by atoms with E-state index in [0.29, 0.717) is 16.8 Å². The number of benzene rings is 1. The van der Waals surface area contributed by atoms with Gasteiger partial charge < -0.3 is 14.4 Å². The fourth-order valence-corrected chi connectivity index (χ4v) is 3.20. The van der Waals surface area contributed by atoms with E-state index in [4.69, 9.17) is 4.74 Å². The Balaban J connectivity index is 2.04. The maximum atomic E-state index is 12.8. The van der Waals surface area contributed by atoms with E-state index in [2.05, 4.69) is 0 Å². The average molecular weight is 365 g/mol. The van der Waals surface area contributed by atoms with Gasteiger partial charge in [0.15, 0.2) is 0 Å². The molecule has 0 radical (unpaired) electrons. The molecular weight excluding hydrogens is 347 g/mol. The number of aromatic nitrogens is 1. The van der Waals surface area contributed by atoms with Gasteiger partial charge in [0.1, 0.15) is 11.4 Å². The average Bonchev–Trinajstić information content (AvgIpc) is 2.96. The standard InChI is InChI=1S/C19H18F3NO3/c1-11-3-8-16(26-2)17-14(11)9-15(18(24)25)23(17)10-12-4-6-13(7-5-12)19(20,21)22/h3-6,8-9,13H,7,10H2,1-2H3,(H,24,25). The predicted octanol–water partition coefficient (Wildman–Crippen LogP) is 4.72. The molecule has 0 aliphatic heterocycles. The fraction of sp³-hybridized carbons (Fsp3) is 0.316. The zero-order valence-electron chi connectivity index (χ0n) is 14.3. The molecule has 7 heteroatoms. The Morgan fingerprint density at radius 2 is 2.12 bits per heavy atom. The number of fused-ring (bicyclic) bond motifs is 1. The number of rotatable bonds is 4. The minimum Gasteiger partial charge on any atom is -0.495 e. The summed E-state index contributed by atoms with van der Waals surface area (Å²) in [5.41, 5.74) is 2.22. The summed E-state index contributed by atoms with van der Waals surface area (Å²) in [5.74, 6) is -2.08. The van der Waals surface area contributed by atoms with Gasteiger partial charge in [0.05, 0.1) is 18.5 Å². The zero-order chi connectivity index (χ0) is 19.1. The quantitative estimate of drug-likeness (QED) is 0.853. The number of alkyl halides is 3. The molecule has 1 heterocycles. The molecule has 1 N–H and O–H groups in total. The normalized spacial score (nSPS) is 17.4. The largest absolute Gasteiger partial charge is 0.495 e. The second-order valence-corrected chi connectivity index (χ2v) is 6.29. The molecule has 1 atom stereocenters. The van der Waals surface area contributed by atoms with Crippen LogP contribution in [0.15, 0.2) is 42.0 Å². The lowest BCUT2D eigenvalue weighted by Gasteiger charge is -2.20. The number of aryl methyl sites for hydroxylation is 1. The lowest BCUT2D eigenvalue weighted by molar-refractivity contribution is -0.160. The summed E-state index contributed by atoms with van der Waals surface area (Å²) < 4.78 is 45.3. The molecule has 0 amide bonds. The summed E-state index contributed by atoms with van der Waals surface area (Å²) in [7, 11) is 1.50. The number of carboxylic acid groups (broad SMARTS) is 1. The van der Waals surface area contributed by atoms with E-state index in [9.17, 15) is 23.1 Å².